The number of hydrogen-bond acceptors (Lipinski definition) is 4. The molecule has 0 saturated heterocycles. The van der Waals surface area contributed by atoms with Crippen LogP contribution in [0.5, 0.6) is 0 Å². The molecule has 0 unspecified atom stereocenters. The summed E-state index contributed by atoms with van der Waals surface area (Å²) in [6.45, 7) is 2.14. The summed E-state index contributed by atoms with van der Waals surface area (Å²) in [5.74, 6) is 0.233. The molecule has 1 aromatic heterocycles. The van der Waals surface area contributed by atoms with Crippen LogP contribution in [0, 0.1) is 5.92 Å². The first-order chi connectivity index (χ1) is 12.8. The zero-order valence-electron chi connectivity index (χ0n) is 15.3. The second kappa shape index (κ2) is 8.48. The summed E-state index contributed by atoms with van der Waals surface area (Å²) >= 11 is 5.82. The van der Waals surface area contributed by atoms with Crippen molar-refractivity contribution in [3.05, 3.63) is 58.5 Å². The first-order valence-electron chi connectivity index (χ1n) is 9.17. The number of nitrogens with one attached hydrogen (secondary N) is 1. The standard InChI is InChI=1S/C20H24ClNO4S/c1-14-4-2-3-5-18(14)22-20(23)19-11-10-17(26-19)13-27(24,25)12-15-6-8-16(21)9-7-15/h6-11,14,18H,2-5,12-13H2,1H3,(H,22,23)/t14-,18+/m0/s1. The molecule has 3 rings (SSSR count). The van der Waals surface area contributed by atoms with E-state index in [0.29, 0.717) is 16.5 Å². The lowest BCUT2D eigenvalue weighted by atomic mass is 9.86. The third-order valence-corrected chi connectivity index (χ3v) is 6.72. The molecule has 146 valence electrons. The SMILES string of the molecule is C[C@H]1CCCC[C@H]1NC(=O)c1ccc(CS(=O)(=O)Cc2ccc(Cl)cc2)o1. The molecule has 7 heteroatoms. The van der Waals surface area contributed by atoms with Gasteiger partial charge in [-0.05, 0) is 48.6 Å². The zero-order chi connectivity index (χ0) is 19.4. The van der Waals surface area contributed by atoms with E-state index in [0.717, 1.165) is 19.3 Å². The van der Waals surface area contributed by atoms with Crippen LogP contribution in [-0.4, -0.2) is 20.4 Å². The van der Waals surface area contributed by atoms with Crippen molar-refractivity contribution < 1.29 is 17.6 Å². The summed E-state index contributed by atoms with van der Waals surface area (Å²) in [4.78, 5) is 12.4. The van der Waals surface area contributed by atoms with E-state index in [4.69, 9.17) is 16.0 Å². The summed E-state index contributed by atoms with van der Waals surface area (Å²) in [5.41, 5.74) is 0.662. The number of carbonyl (C=O) groups excluding carboxylic acids is 1. The topological polar surface area (TPSA) is 76.4 Å². The minimum Gasteiger partial charge on any atom is -0.455 e. The van der Waals surface area contributed by atoms with Crippen LogP contribution in [-0.2, 0) is 21.3 Å². The number of sulfone groups is 1. The summed E-state index contributed by atoms with van der Waals surface area (Å²) in [5, 5.41) is 3.57. The van der Waals surface area contributed by atoms with Gasteiger partial charge in [-0.1, -0.05) is 43.5 Å². The van der Waals surface area contributed by atoms with Crippen LogP contribution in [0.1, 0.15) is 54.5 Å². The van der Waals surface area contributed by atoms with Gasteiger partial charge in [-0.15, -0.1) is 0 Å². The third kappa shape index (κ3) is 5.59. The Balaban J connectivity index is 1.61. The van der Waals surface area contributed by atoms with Gasteiger partial charge in [0.1, 0.15) is 11.5 Å². The van der Waals surface area contributed by atoms with Crippen LogP contribution in [0.15, 0.2) is 40.8 Å². The van der Waals surface area contributed by atoms with Gasteiger partial charge in [0, 0.05) is 11.1 Å². The molecular formula is C20H24ClNO4S. The normalized spacial score (nSPS) is 20.4. The minimum atomic E-state index is -3.42. The lowest BCUT2D eigenvalue weighted by molar-refractivity contribution is 0.0880. The molecule has 2 aromatic rings. The fraction of sp³-hybridized carbons (Fsp3) is 0.450. The molecule has 1 amide bonds. The predicted octanol–water partition coefficient (Wildman–Crippen LogP) is 4.36. The largest absolute Gasteiger partial charge is 0.455 e. The molecule has 1 N–H and O–H groups in total. The lowest BCUT2D eigenvalue weighted by Crippen LogP contribution is -2.40. The van der Waals surface area contributed by atoms with Crippen LogP contribution in [0.2, 0.25) is 5.02 Å². The molecule has 1 aliphatic rings. The maximum atomic E-state index is 12.4. The summed E-state index contributed by atoms with van der Waals surface area (Å²) < 4.78 is 30.3. The molecule has 27 heavy (non-hydrogen) atoms. The average Bonchev–Trinajstić information content (AvgIpc) is 3.06. The van der Waals surface area contributed by atoms with Crippen LogP contribution in [0.25, 0.3) is 0 Å². The molecular weight excluding hydrogens is 386 g/mol. The molecule has 0 radical (unpaired) electrons. The van der Waals surface area contributed by atoms with Gasteiger partial charge in [0.2, 0.25) is 0 Å². The van der Waals surface area contributed by atoms with Crippen molar-refractivity contribution in [2.45, 2.75) is 50.2 Å². The van der Waals surface area contributed by atoms with E-state index in [1.807, 2.05) is 0 Å². The second-order valence-corrected chi connectivity index (χ2v) is 9.77. The van der Waals surface area contributed by atoms with Crippen molar-refractivity contribution in [3.63, 3.8) is 0 Å². The maximum Gasteiger partial charge on any atom is 0.287 e. The van der Waals surface area contributed by atoms with E-state index in [1.165, 1.54) is 12.5 Å². The van der Waals surface area contributed by atoms with Gasteiger partial charge in [-0.3, -0.25) is 4.79 Å². The molecule has 1 aliphatic carbocycles. The monoisotopic (exact) mass is 409 g/mol. The highest BCUT2D eigenvalue weighted by molar-refractivity contribution is 7.89. The molecule has 1 fully saturated rings. The third-order valence-electron chi connectivity index (χ3n) is 4.98. The van der Waals surface area contributed by atoms with E-state index in [-0.39, 0.29) is 35.0 Å². The first-order valence-corrected chi connectivity index (χ1v) is 11.4. The molecule has 0 aliphatic heterocycles. The van der Waals surface area contributed by atoms with Gasteiger partial charge in [0.15, 0.2) is 15.6 Å². The summed E-state index contributed by atoms with van der Waals surface area (Å²) in [6, 6.07) is 9.93. The molecule has 1 saturated carbocycles. The Hall–Kier alpha value is -1.79. The van der Waals surface area contributed by atoms with Gasteiger partial charge < -0.3 is 9.73 Å². The molecule has 0 bridgehead atoms. The Morgan fingerprint density at radius 1 is 1.11 bits per heavy atom. The van der Waals surface area contributed by atoms with Crippen molar-refractivity contribution in [1.82, 2.24) is 5.32 Å². The highest BCUT2D eigenvalue weighted by Crippen LogP contribution is 2.24. The van der Waals surface area contributed by atoms with Crippen molar-refractivity contribution in [2.24, 2.45) is 5.92 Å². The second-order valence-electron chi connectivity index (χ2n) is 7.27. The highest BCUT2D eigenvalue weighted by atomic mass is 35.5. The zero-order valence-corrected chi connectivity index (χ0v) is 16.9. The molecule has 5 nitrogen and oxygen atoms in total. The molecule has 1 aromatic carbocycles. The maximum absolute atomic E-state index is 12.4. The molecule has 1 heterocycles. The van der Waals surface area contributed by atoms with E-state index < -0.39 is 9.84 Å². The summed E-state index contributed by atoms with van der Waals surface area (Å²) in [6.07, 6.45) is 4.39. The first kappa shape index (κ1) is 20.0. The van der Waals surface area contributed by atoms with Gasteiger partial charge in [0.05, 0.1) is 5.75 Å². The number of rotatable bonds is 6. The Labute approximate surface area is 165 Å². The van der Waals surface area contributed by atoms with Crippen molar-refractivity contribution in [1.29, 1.82) is 0 Å². The van der Waals surface area contributed by atoms with Crippen molar-refractivity contribution in [3.8, 4) is 0 Å². The molecule has 0 spiro atoms. The number of amides is 1. The summed E-state index contributed by atoms with van der Waals surface area (Å²) in [7, 11) is -3.42. The minimum absolute atomic E-state index is 0.105. The Morgan fingerprint density at radius 3 is 2.52 bits per heavy atom. The fourth-order valence-corrected chi connectivity index (χ4v) is 4.97. The Morgan fingerprint density at radius 2 is 1.81 bits per heavy atom. The van der Waals surface area contributed by atoms with Gasteiger partial charge >= 0.3 is 0 Å². The van der Waals surface area contributed by atoms with E-state index in [2.05, 4.69) is 12.2 Å². The Kier molecular flexibility index (Phi) is 6.27. The van der Waals surface area contributed by atoms with E-state index >= 15 is 0 Å². The van der Waals surface area contributed by atoms with Crippen LogP contribution in [0.3, 0.4) is 0 Å². The van der Waals surface area contributed by atoms with Crippen LogP contribution in [0.4, 0.5) is 0 Å². The smallest absolute Gasteiger partial charge is 0.287 e. The van der Waals surface area contributed by atoms with Crippen molar-refractivity contribution >= 4 is 27.3 Å². The number of hydrogen-bond donors (Lipinski definition) is 1. The van der Waals surface area contributed by atoms with Crippen LogP contribution >= 0.6 is 11.6 Å². The lowest BCUT2D eigenvalue weighted by Gasteiger charge is -2.29. The number of carbonyl (C=O) groups is 1. The number of halogens is 1. The van der Waals surface area contributed by atoms with Gasteiger partial charge in [-0.2, -0.15) is 0 Å². The predicted molar refractivity (Wildman–Crippen MR) is 105 cm³/mol. The molecule has 2 atom stereocenters. The quantitative estimate of drug-likeness (QED) is 0.769. The van der Waals surface area contributed by atoms with Gasteiger partial charge in [0.25, 0.3) is 5.91 Å². The highest BCUT2D eigenvalue weighted by Gasteiger charge is 2.25. The van der Waals surface area contributed by atoms with Gasteiger partial charge in [-0.25, -0.2) is 8.42 Å². The number of furan rings is 1. The van der Waals surface area contributed by atoms with E-state index in [9.17, 15) is 13.2 Å². The Bertz CT molecular complexity index is 889. The van der Waals surface area contributed by atoms with E-state index in [1.54, 1.807) is 30.3 Å². The number of benzene rings is 1. The fourth-order valence-electron chi connectivity index (χ4n) is 3.45. The van der Waals surface area contributed by atoms with Crippen molar-refractivity contribution in [2.75, 3.05) is 0 Å². The average molecular weight is 410 g/mol. The van der Waals surface area contributed by atoms with Crippen LogP contribution < -0.4 is 5.32 Å².